The lowest BCUT2D eigenvalue weighted by Gasteiger charge is -2.29. The molecule has 3 amide bonds. The Kier molecular flexibility index (Phi) is 5.90. The van der Waals surface area contributed by atoms with Gasteiger partial charge in [-0.3, -0.25) is 10.1 Å². The van der Waals surface area contributed by atoms with E-state index in [2.05, 4.69) is 17.6 Å². The van der Waals surface area contributed by atoms with Crippen LogP contribution in [0.25, 0.3) is 0 Å². The van der Waals surface area contributed by atoms with Gasteiger partial charge in [0.2, 0.25) is 0 Å². The van der Waals surface area contributed by atoms with Gasteiger partial charge in [0.25, 0.3) is 5.91 Å². The van der Waals surface area contributed by atoms with Gasteiger partial charge in [-0.1, -0.05) is 19.8 Å². The van der Waals surface area contributed by atoms with E-state index in [0.29, 0.717) is 12.0 Å². The maximum Gasteiger partial charge on any atom is 0.321 e. The van der Waals surface area contributed by atoms with Crippen molar-refractivity contribution in [3.63, 3.8) is 0 Å². The smallest absolute Gasteiger partial charge is 0.321 e. The first-order valence-electron chi connectivity index (χ1n) is 7.64. The lowest BCUT2D eigenvalue weighted by atomic mass is 9.86. The molecule has 5 nitrogen and oxygen atoms in total. The summed E-state index contributed by atoms with van der Waals surface area (Å²) in [6, 6.07) is 2.23. The molecule has 0 aromatic heterocycles. The minimum atomic E-state index is -0.904. The number of halogens is 2. The molecule has 0 heterocycles. The van der Waals surface area contributed by atoms with Gasteiger partial charge in [0.1, 0.15) is 5.82 Å². The van der Waals surface area contributed by atoms with Gasteiger partial charge in [-0.15, -0.1) is 0 Å². The summed E-state index contributed by atoms with van der Waals surface area (Å²) in [5.41, 5.74) is 0. The second-order valence-electron chi connectivity index (χ2n) is 5.75. The Labute approximate surface area is 133 Å². The largest absolute Gasteiger partial charge is 0.481 e. The molecule has 7 heteroatoms. The van der Waals surface area contributed by atoms with Gasteiger partial charge in [0, 0.05) is 12.1 Å². The summed E-state index contributed by atoms with van der Waals surface area (Å²) >= 11 is 0. The predicted octanol–water partition coefficient (Wildman–Crippen LogP) is 2.75. The molecule has 1 aromatic rings. The third-order valence-electron chi connectivity index (χ3n) is 3.93. The van der Waals surface area contributed by atoms with Crippen LogP contribution in [0.5, 0.6) is 5.75 Å². The summed E-state index contributed by atoms with van der Waals surface area (Å²) in [5, 5.41) is 4.90. The molecule has 0 bridgehead atoms. The molecule has 1 aliphatic carbocycles. The number of carbonyl (C=O) groups excluding carboxylic acids is 2. The minimum absolute atomic E-state index is 0.0482. The highest BCUT2D eigenvalue weighted by atomic mass is 19.1. The van der Waals surface area contributed by atoms with E-state index in [1.165, 1.54) is 0 Å². The summed E-state index contributed by atoms with van der Waals surface area (Å²) in [6.07, 6.45) is 4.14. The summed E-state index contributed by atoms with van der Waals surface area (Å²) in [4.78, 5) is 23.4. The Balaban J connectivity index is 1.76. The van der Waals surface area contributed by atoms with E-state index in [1.807, 2.05) is 0 Å². The molecule has 2 N–H and O–H groups in total. The highest BCUT2D eigenvalue weighted by Gasteiger charge is 2.23. The van der Waals surface area contributed by atoms with Gasteiger partial charge < -0.3 is 10.1 Å². The number of carbonyl (C=O) groups is 2. The van der Waals surface area contributed by atoms with Gasteiger partial charge in [0.15, 0.2) is 18.2 Å². The van der Waals surface area contributed by atoms with Crippen LogP contribution in [0, 0.1) is 17.6 Å². The summed E-state index contributed by atoms with van der Waals surface area (Å²) in [5.74, 6) is -2.22. The number of amides is 3. The van der Waals surface area contributed by atoms with Crippen LogP contribution in [0.15, 0.2) is 18.2 Å². The molecular weight excluding hydrogens is 306 g/mol. The molecule has 0 aliphatic heterocycles. The van der Waals surface area contributed by atoms with Crippen molar-refractivity contribution in [2.75, 3.05) is 6.61 Å². The fourth-order valence-corrected chi connectivity index (χ4v) is 2.63. The minimum Gasteiger partial charge on any atom is -0.481 e. The number of urea groups is 1. The standard InChI is InChI=1S/C16H20F2N2O3/c1-10-4-2-3-5-13(10)19-16(22)20-15(21)9-23-14-7-6-11(17)8-12(14)18/h6-8,10,13H,2-5,9H2,1H3,(H2,19,20,21,22). The molecule has 1 aromatic carbocycles. The average molecular weight is 326 g/mol. The Morgan fingerprint density at radius 1 is 1.26 bits per heavy atom. The number of ether oxygens (including phenoxy) is 1. The van der Waals surface area contributed by atoms with E-state index >= 15 is 0 Å². The van der Waals surface area contributed by atoms with Crippen molar-refractivity contribution in [3.05, 3.63) is 29.8 Å². The second kappa shape index (κ2) is 7.89. The molecule has 126 valence electrons. The Bertz CT molecular complexity index is 580. The van der Waals surface area contributed by atoms with Crippen LogP contribution >= 0.6 is 0 Å². The zero-order valence-electron chi connectivity index (χ0n) is 12.9. The van der Waals surface area contributed by atoms with Crippen molar-refractivity contribution in [1.82, 2.24) is 10.6 Å². The first-order valence-corrected chi connectivity index (χ1v) is 7.64. The van der Waals surface area contributed by atoms with Crippen molar-refractivity contribution in [2.24, 2.45) is 5.92 Å². The maximum absolute atomic E-state index is 13.3. The van der Waals surface area contributed by atoms with Crippen LogP contribution in [0.4, 0.5) is 13.6 Å². The maximum atomic E-state index is 13.3. The Hall–Kier alpha value is -2.18. The van der Waals surface area contributed by atoms with Crippen molar-refractivity contribution >= 4 is 11.9 Å². The molecule has 1 aliphatic rings. The van der Waals surface area contributed by atoms with Crippen LogP contribution in [0.2, 0.25) is 0 Å². The number of nitrogens with one attached hydrogen (secondary N) is 2. The average Bonchev–Trinajstić information content (AvgIpc) is 2.48. The van der Waals surface area contributed by atoms with E-state index in [-0.39, 0.29) is 11.8 Å². The number of imide groups is 1. The van der Waals surface area contributed by atoms with Gasteiger partial charge in [-0.05, 0) is 30.9 Å². The molecule has 0 spiro atoms. The van der Waals surface area contributed by atoms with E-state index in [9.17, 15) is 18.4 Å². The number of hydrogen-bond acceptors (Lipinski definition) is 3. The Morgan fingerprint density at radius 2 is 2.00 bits per heavy atom. The highest BCUT2D eigenvalue weighted by Crippen LogP contribution is 2.23. The zero-order valence-corrected chi connectivity index (χ0v) is 12.9. The SMILES string of the molecule is CC1CCCCC1NC(=O)NC(=O)COc1ccc(F)cc1F. The first-order chi connectivity index (χ1) is 11.0. The molecule has 23 heavy (non-hydrogen) atoms. The molecule has 2 rings (SSSR count). The monoisotopic (exact) mass is 326 g/mol. The van der Waals surface area contributed by atoms with E-state index in [4.69, 9.17) is 4.74 Å². The predicted molar refractivity (Wildman–Crippen MR) is 79.9 cm³/mol. The van der Waals surface area contributed by atoms with Gasteiger partial charge in [0.05, 0.1) is 0 Å². The first kappa shape index (κ1) is 17.2. The third kappa shape index (κ3) is 5.19. The molecule has 1 fully saturated rings. The number of rotatable bonds is 4. The van der Waals surface area contributed by atoms with Crippen LogP contribution in [-0.2, 0) is 4.79 Å². The lowest BCUT2D eigenvalue weighted by molar-refractivity contribution is -0.122. The fraction of sp³-hybridized carbons (Fsp3) is 0.500. The van der Waals surface area contributed by atoms with Crippen LogP contribution < -0.4 is 15.4 Å². The van der Waals surface area contributed by atoms with Crippen LogP contribution in [-0.4, -0.2) is 24.6 Å². The molecule has 2 unspecified atom stereocenters. The van der Waals surface area contributed by atoms with Crippen molar-refractivity contribution < 1.29 is 23.1 Å². The topological polar surface area (TPSA) is 67.4 Å². The summed E-state index contributed by atoms with van der Waals surface area (Å²) < 4.78 is 31.0. The van der Waals surface area contributed by atoms with Crippen molar-refractivity contribution in [3.8, 4) is 5.75 Å². The summed E-state index contributed by atoms with van der Waals surface area (Å²) in [7, 11) is 0. The zero-order chi connectivity index (χ0) is 16.8. The summed E-state index contributed by atoms with van der Waals surface area (Å²) in [6.45, 7) is 1.53. The quantitative estimate of drug-likeness (QED) is 0.894. The van der Waals surface area contributed by atoms with Crippen molar-refractivity contribution in [2.45, 2.75) is 38.6 Å². The number of hydrogen-bond donors (Lipinski definition) is 2. The van der Waals surface area contributed by atoms with Gasteiger partial charge in [-0.2, -0.15) is 0 Å². The second-order valence-corrected chi connectivity index (χ2v) is 5.75. The van der Waals surface area contributed by atoms with E-state index in [1.54, 1.807) is 0 Å². The molecule has 0 radical (unpaired) electrons. The van der Waals surface area contributed by atoms with Crippen molar-refractivity contribution in [1.29, 1.82) is 0 Å². The fourth-order valence-electron chi connectivity index (χ4n) is 2.63. The normalized spacial score (nSPS) is 20.7. The van der Waals surface area contributed by atoms with E-state index in [0.717, 1.165) is 37.8 Å². The van der Waals surface area contributed by atoms with Gasteiger partial charge in [-0.25, -0.2) is 13.6 Å². The molecule has 2 atom stereocenters. The number of benzene rings is 1. The lowest BCUT2D eigenvalue weighted by Crippen LogP contribution is -2.48. The van der Waals surface area contributed by atoms with Gasteiger partial charge >= 0.3 is 6.03 Å². The third-order valence-corrected chi connectivity index (χ3v) is 3.93. The van der Waals surface area contributed by atoms with Crippen LogP contribution in [0.3, 0.4) is 0 Å². The molecular formula is C16H20F2N2O3. The Morgan fingerprint density at radius 3 is 2.70 bits per heavy atom. The van der Waals surface area contributed by atoms with E-state index < -0.39 is 30.2 Å². The van der Waals surface area contributed by atoms with Crippen LogP contribution in [0.1, 0.15) is 32.6 Å². The molecule has 1 saturated carbocycles. The molecule has 0 saturated heterocycles. The highest BCUT2D eigenvalue weighted by molar-refractivity contribution is 5.95.